The summed E-state index contributed by atoms with van der Waals surface area (Å²) in [6.45, 7) is 1.99. The Morgan fingerprint density at radius 3 is 1.73 bits per heavy atom. The zero-order valence-corrected chi connectivity index (χ0v) is 14.3. The molecular weight excluding hydrogens is 324 g/mol. The minimum Gasteiger partial charge on any atom is -0.493 e. The van der Waals surface area contributed by atoms with Gasteiger partial charge in [-0.25, -0.2) is 9.36 Å². The molecule has 0 saturated heterocycles. The third-order valence-corrected chi connectivity index (χ3v) is 4.37. The van der Waals surface area contributed by atoms with Crippen molar-refractivity contribution < 1.29 is 5.11 Å². The molecule has 1 heterocycles. The summed E-state index contributed by atoms with van der Waals surface area (Å²) in [5, 5.41) is 11.0. The van der Waals surface area contributed by atoms with Crippen molar-refractivity contribution in [2.24, 2.45) is 0 Å². The number of para-hydroxylation sites is 2. The number of rotatable bonds is 3. The van der Waals surface area contributed by atoms with Crippen LogP contribution in [0.25, 0.3) is 22.5 Å². The zero-order valence-electron chi connectivity index (χ0n) is 14.3. The highest BCUT2D eigenvalue weighted by Crippen LogP contribution is 2.30. The van der Waals surface area contributed by atoms with Gasteiger partial charge in [-0.15, -0.1) is 0 Å². The molecule has 0 amide bonds. The number of aryl methyl sites for hydroxylation is 1. The molecule has 0 aliphatic carbocycles. The first-order chi connectivity index (χ1) is 12.7. The fourth-order valence-electron chi connectivity index (χ4n) is 3.07. The largest absolute Gasteiger partial charge is 0.493 e. The normalized spacial score (nSPS) is 10.8. The van der Waals surface area contributed by atoms with Gasteiger partial charge in [0.25, 0.3) is 5.56 Å². The van der Waals surface area contributed by atoms with E-state index in [-0.39, 0.29) is 17.0 Å². The summed E-state index contributed by atoms with van der Waals surface area (Å²) in [5.41, 5.74) is 3.22. The molecule has 4 aromatic rings. The molecule has 1 N–H and O–H groups in total. The van der Waals surface area contributed by atoms with E-state index < -0.39 is 0 Å². The average molecular weight is 342 g/mol. The number of aromatic nitrogens is 2. The molecule has 4 nitrogen and oxygen atoms in total. The van der Waals surface area contributed by atoms with E-state index in [4.69, 9.17) is 0 Å². The van der Waals surface area contributed by atoms with Gasteiger partial charge < -0.3 is 5.11 Å². The first-order valence-corrected chi connectivity index (χ1v) is 8.41. The molecule has 0 fully saturated rings. The number of hydrogen-bond acceptors (Lipinski definition) is 2. The van der Waals surface area contributed by atoms with E-state index in [0.717, 1.165) is 5.56 Å². The third-order valence-electron chi connectivity index (χ3n) is 4.37. The second-order valence-corrected chi connectivity index (χ2v) is 6.16. The predicted octanol–water partition coefficient (Wildman–Crippen LogP) is 4.31. The van der Waals surface area contributed by atoms with Crippen molar-refractivity contribution in [3.63, 3.8) is 0 Å². The van der Waals surface area contributed by atoms with Crippen LogP contribution in [0.3, 0.4) is 0 Å². The van der Waals surface area contributed by atoms with Crippen molar-refractivity contribution in [3.8, 4) is 28.4 Å². The first-order valence-electron chi connectivity index (χ1n) is 8.41. The summed E-state index contributed by atoms with van der Waals surface area (Å²) in [7, 11) is 0. The summed E-state index contributed by atoms with van der Waals surface area (Å²) in [5.74, 6) is -0.0751. The van der Waals surface area contributed by atoms with Gasteiger partial charge >= 0.3 is 0 Å². The van der Waals surface area contributed by atoms with Gasteiger partial charge in [-0.2, -0.15) is 0 Å². The Morgan fingerprint density at radius 2 is 1.19 bits per heavy atom. The highest BCUT2D eigenvalue weighted by Gasteiger charge is 2.22. The van der Waals surface area contributed by atoms with Crippen LogP contribution in [0.15, 0.2) is 89.7 Å². The van der Waals surface area contributed by atoms with E-state index in [0.29, 0.717) is 16.9 Å². The standard InChI is InChI=1S/C22H18N2O2/c1-16-12-14-17(15-13-16)20-21(25)23(18-8-4-2-5-9-18)24(22(20)26)19-10-6-3-7-11-19/h2-15,25H,1H3. The van der Waals surface area contributed by atoms with Crippen LogP contribution in [-0.4, -0.2) is 14.5 Å². The van der Waals surface area contributed by atoms with Crippen molar-refractivity contribution in [2.75, 3.05) is 0 Å². The molecule has 0 aliphatic rings. The Kier molecular flexibility index (Phi) is 3.93. The Bertz CT molecular complexity index is 1090. The quantitative estimate of drug-likeness (QED) is 0.603. The molecule has 0 bridgehead atoms. The van der Waals surface area contributed by atoms with E-state index >= 15 is 0 Å². The lowest BCUT2D eigenvalue weighted by Gasteiger charge is -2.12. The second-order valence-electron chi connectivity index (χ2n) is 6.16. The van der Waals surface area contributed by atoms with Gasteiger partial charge in [0.15, 0.2) is 0 Å². The van der Waals surface area contributed by atoms with Crippen molar-refractivity contribution in [1.29, 1.82) is 0 Å². The minimum atomic E-state index is -0.263. The fraction of sp³-hybridized carbons (Fsp3) is 0.0455. The molecule has 0 radical (unpaired) electrons. The van der Waals surface area contributed by atoms with Crippen LogP contribution in [0.5, 0.6) is 5.88 Å². The summed E-state index contributed by atoms with van der Waals surface area (Å²) >= 11 is 0. The van der Waals surface area contributed by atoms with Crippen LogP contribution >= 0.6 is 0 Å². The summed E-state index contributed by atoms with van der Waals surface area (Å²) < 4.78 is 3.05. The van der Waals surface area contributed by atoms with E-state index in [9.17, 15) is 9.90 Å². The van der Waals surface area contributed by atoms with Crippen LogP contribution < -0.4 is 5.56 Å². The molecule has 128 valence electrons. The van der Waals surface area contributed by atoms with Crippen molar-refractivity contribution in [3.05, 3.63) is 101 Å². The van der Waals surface area contributed by atoms with Crippen molar-refractivity contribution in [2.45, 2.75) is 6.92 Å². The summed E-state index contributed by atoms with van der Waals surface area (Å²) in [6, 6.07) is 26.3. The van der Waals surface area contributed by atoms with Crippen molar-refractivity contribution >= 4 is 0 Å². The van der Waals surface area contributed by atoms with Gasteiger partial charge in [0, 0.05) is 0 Å². The van der Waals surface area contributed by atoms with E-state index in [1.54, 1.807) is 4.68 Å². The molecule has 1 aromatic heterocycles. The molecule has 4 heteroatoms. The third kappa shape index (κ3) is 2.62. The average Bonchev–Trinajstić information content (AvgIpc) is 2.94. The molecular formula is C22H18N2O2. The van der Waals surface area contributed by atoms with E-state index in [1.807, 2.05) is 91.9 Å². The molecule has 0 unspecified atom stereocenters. The van der Waals surface area contributed by atoms with E-state index in [1.165, 1.54) is 4.68 Å². The van der Waals surface area contributed by atoms with Gasteiger partial charge in [-0.05, 0) is 36.8 Å². The maximum absolute atomic E-state index is 13.3. The number of aromatic hydroxyl groups is 1. The Morgan fingerprint density at radius 1 is 0.692 bits per heavy atom. The predicted molar refractivity (Wildman–Crippen MR) is 103 cm³/mol. The fourth-order valence-corrected chi connectivity index (χ4v) is 3.07. The number of benzene rings is 3. The smallest absolute Gasteiger partial charge is 0.283 e. The highest BCUT2D eigenvalue weighted by molar-refractivity contribution is 5.70. The number of nitrogens with zero attached hydrogens (tertiary/aromatic N) is 2. The van der Waals surface area contributed by atoms with Crippen molar-refractivity contribution in [1.82, 2.24) is 9.36 Å². The second kappa shape index (κ2) is 6.41. The van der Waals surface area contributed by atoms with Crippen LogP contribution in [0.1, 0.15) is 5.56 Å². The zero-order chi connectivity index (χ0) is 18.1. The lowest BCUT2D eigenvalue weighted by atomic mass is 10.1. The van der Waals surface area contributed by atoms with Crippen LogP contribution in [-0.2, 0) is 0 Å². The van der Waals surface area contributed by atoms with Gasteiger partial charge in [-0.1, -0.05) is 66.2 Å². The topological polar surface area (TPSA) is 47.2 Å². The van der Waals surface area contributed by atoms with E-state index in [2.05, 4.69) is 0 Å². The van der Waals surface area contributed by atoms with Gasteiger partial charge in [0.05, 0.1) is 11.4 Å². The maximum Gasteiger partial charge on any atom is 0.283 e. The Balaban J connectivity index is 2.06. The summed E-state index contributed by atoms with van der Waals surface area (Å²) in [6.07, 6.45) is 0. The minimum absolute atomic E-state index is 0.0751. The molecule has 3 aromatic carbocycles. The van der Waals surface area contributed by atoms with Gasteiger partial charge in [0.1, 0.15) is 5.56 Å². The molecule has 0 spiro atoms. The number of hydrogen-bond donors (Lipinski definition) is 1. The Labute approximate surface area is 151 Å². The monoisotopic (exact) mass is 342 g/mol. The lowest BCUT2D eigenvalue weighted by Crippen LogP contribution is -2.20. The molecule has 0 aliphatic heterocycles. The molecule has 4 rings (SSSR count). The lowest BCUT2D eigenvalue weighted by molar-refractivity contribution is 0.427. The van der Waals surface area contributed by atoms with Crippen LogP contribution in [0.4, 0.5) is 0 Å². The highest BCUT2D eigenvalue weighted by atomic mass is 16.3. The van der Waals surface area contributed by atoms with Crippen LogP contribution in [0, 0.1) is 6.92 Å². The maximum atomic E-state index is 13.3. The molecule has 26 heavy (non-hydrogen) atoms. The van der Waals surface area contributed by atoms with Gasteiger partial charge in [0.2, 0.25) is 5.88 Å². The first kappa shape index (κ1) is 16.0. The molecule has 0 atom stereocenters. The summed E-state index contributed by atoms with van der Waals surface area (Å²) in [4.78, 5) is 13.3. The Hall–Kier alpha value is -3.53. The van der Waals surface area contributed by atoms with Gasteiger partial charge in [-0.3, -0.25) is 4.79 Å². The molecule has 0 saturated carbocycles. The SMILES string of the molecule is Cc1ccc(-c2c(O)n(-c3ccccc3)n(-c3ccccc3)c2=O)cc1. The van der Waals surface area contributed by atoms with Crippen LogP contribution in [0.2, 0.25) is 0 Å².